The highest BCUT2D eigenvalue weighted by molar-refractivity contribution is 5.82. The lowest BCUT2D eigenvalue weighted by Crippen LogP contribution is -2.45. The molecule has 0 unspecified atom stereocenters. The number of carbonyl (C=O) groups excluding carboxylic acids is 1. The number of aromatic nitrogens is 2. The van der Waals surface area contributed by atoms with Gasteiger partial charge in [0.2, 0.25) is 12.1 Å². The predicted octanol–water partition coefficient (Wildman–Crippen LogP) is 4.96. The van der Waals surface area contributed by atoms with Crippen molar-refractivity contribution in [2.45, 2.75) is 30.7 Å². The molecule has 0 bridgehead atoms. The summed E-state index contributed by atoms with van der Waals surface area (Å²) in [6.07, 6.45) is 6.11. The minimum Gasteiger partial charge on any atom is -0.335 e. The number of nitrogens with zero attached hydrogens (tertiary/aromatic N) is 2. The molecule has 2 saturated heterocycles. The van der Waals surface area contributed by atoms with Crippen molar-refractivity contribution >= 4 is 5.91 Å². The van der Waals surface area contributed by atoms with E-state index in [2.05, 4.69) is 106 Å². The van der Waals surface area contributed by atoms with E-state index in [9.17, 15) is 4.79 Å². The normalized spacial score (nSPS) is 23.8. The van der Waals surface area contributed by atoms with E-state index in [0.717, 1.165) is 38.0 Å². The molecular formula is C32H35N4O+. The summed E-state index contributed by atoms with van der Waals surface area (Å²) in [5.74, 6) is 0.813. The van der Waals surface area contributed by atoms with Gasteiger partial charge in [-0.3, -0.25) is 4.79 Å². The lowest BCUT2D eigenvalue weighted by molar-refractivity contribution is -0.726. The van der Waals surface area contributed by atoms with E-state index in [0.29, 0.717) is 5.92 Å². The van der Waals surface area contributed by atoms with E-state index in [1.807, 2.05) is 17.9 Å². The molecule has 0 spiro atoms. The Morgan fingerprint density at radius 1 is 0.892 bits per heavy atom. The number of benzene rings is 3. The summed E-state index contributed by atoms with van der Waals surface area (Å²) in [7, 11) is 2.00. The van der Waals surface area contributed by atoms with Gasteiger partial charge in [-0.05, 0) is 41.0 Å². The van der Waals surface area contributed by atoms with Crippen LogP contribution in [-0.4, -0.2) is 35.5 Å². The molecule has 4 aromatic rings. The van der Waals surface area contributed by atoms with Gasteiger partial charge in [0.1, 0.15) is 0 Å². The van der Waals surface area contributed by atoms with Crippen LogP contribution in [0.1, 0.15) is 47.4 Å². The highest BCUT2D eigenvalue weighted by Gasteiger charge is 2.41. The summed E-state index contributed by atoms with van der Waals surface area (Å²) in [6.45, 7) is 2.33. The molecule has 0 aliphatic carbocycles. The second kappa shape index (κ2) is 10.3. The molecule has 1 amide bonds. The number of likely N-dealkylation sites (tertiary alicyclic amines) is 1. The molecule has 5 nitrogen and oxygen atoms in total. The number of nitrogens with one attached hydrogen (secondary N) is 2. The van der Waals surface area contributed by atoms with Gasteiger partial charge in [-0.15, -0.1) is 4.68 Å². The molecular weight excluding hydrogens is 456 g/mol. The summed E-state index contributed by atoms with van der Waals surface area (Å²) in [4.78, 5) is 16.5. The zero-order chi connectivity index (χ0) is 25.2. The number of piperidine rings is 1. The third-order valence-electron chi connectivity index (χ3n) is 8.30. The number of carbonyl (C=O) groups is 1. The van der Waals surface area contributed by atoms with Crippen molar-refractivity contribution in [3.8, 4) is 11.1 Å². The molecule has 4 atom stereocenters. The van der Waals surface area contributed by atoms with Crippen LogP contribution in [0.4, 0.5) is 0 Å². The predicted molar refractivity (Wildman–Crippen MR) is 146 cm³/mol. The van der Waals surface area contributed by atoms with E-state index < -0.39 is 0 Å². The number of H-pyrrole nitrogens is 1. The van der Waals surface area contributed by atoms with Gasteiger partial charge < -0.3 is 10.2 Å². The first kappa shape index (κ1) is 23.7. The molecule has 3 aromatic carbocycles. The Hall–Kier alpha value is -3.70. The number of hydrogen-bond donors (Lipinski definition) is 2. The van der Waals surface area contributed by atoms with Crippen molar-refractivity contribution in [2.75, 3.05) is 19.6 Å². The number of aromatic amines is 1. The fourth-order valence-corrected chi connectivity index (χ4v) is 6.41. The van der Waals surface area contributed by atoms with E-state index in [1.165, 1.54) is 22.3 Å². The molecule has 2 N–H and O–H groups in total. The summed E-state index contributed by atoms with van der Waals surface area (Å²) < 4.78 is 1.96. The molecule has 5 heteroatoms. The van der Waals surface area contributed by atoms with Crippen LogP contribution in [0.25, 0.3) is 11.1 Å². The van der Waals surface area contributed by atoms with Crippen molar-refractivity contribution < 1.29 is 9.48 Å². The van der Waals surface area contributed by atoms with E-state index in [4.69, 9.17) is 0 Å². The molecule has 2 aliphatic rings. The van der Waals surface area contributed by atoms with Gasteiger partial charge in [0.25, 0.3) is 0 Å². The van der Waals surface area contributed by atoms with E-state index in [-0.39, 0.29) is 23.8 Å². The average molecular weight is 492 g/mol. The highest BCUT2D eigenvalue weighted by atomic mass is 16.2. The minimum absolute atomic E-state index is 0.0756. The van der Waals surface area contributed by atoms with Gasteiger partial charge in [-0.25, -0.2) is 0 Å². The Morgan fingerprint density at radius 2 is 1.59 bits per heavy atom. The Kier molecular flexibility index (Phi) is 6.62. The van der Waals surface area contributed by atoms with Crippen molar-refractivity contribution in [3.05, 3.63) is 114 Å². The number of aryl methyl sites for hydroxylation is 1. The van der Waals surface area contributed by atoms with Crippen LogP contribution in [0.2, 0.25) is 0 Å². The topological polar surface area (TPSA) is 52.0 Å². The molecule has 188 valence electrons. The molecule has 37 heavy (non-hydrogen) atoms. The largest absolute Gasteiger partial charge is 0.335 e. The molecule has 2 aliphatic heterocycles. The molecule has 2 fully saturated rings. The zero-order valence-corrected chi connectivity index (χ0v) is 21.4. The van der Waals surface area contributed by atoms with Gasteiger partial charge in [-0.1, -0.05) is 84.9 Å². The van der Waals surface area contributed by atoms with Crippen molar-refractivity contribution in [3.63, 3.8) is 0 Å². The smallest absolute Gasteiger partial charge is 0.228 e. The third kappa shape index (κ3) is 4.72. The zero-order valence-electron chi connectivity index (χ0n) is 21.4. The summed E-state index contributed by atoms with van der Waals surface area (Å²) in [6, 6.07) is 30.1. The fourth-order valence-electron chi connectivity index (χ4n) is 6.41. The molecule has 1 aromatic heterocycles. The van der Waals surface area contributed by atoms with Crippen LogP contribution in [-0.2, 0) is 11.8 Å². The second-order valence-corrected chi connectivity index (χ2v) is 10.5. The van der Waals surface area contributed by atoms with Gasteiger partial charge in [0.05, 0.1) is 23.7 Å². The second-order valence-electron chi connectivity index (χ2n) is 10.5. The Labute approximate surface area is 219 Å². The van der Waals surface area contributed by atoms with E-state index in [1.54, 1.807) is 0 Å². The van der Waals surface area contributed by atoms with Gasteiger partial charge in [-0.2, -0.15) is 5.10 Å². The standard InChI is InChI=1S/C32H34N4O/c1-35-22-26(19-34-35)27-14-8-9-15-28(27)29-20-33-21-30(29)32(37)36-17-16-25(23-10-4-2-5-11-23)18-31(36)24-12-6-3-7-13-24/h2-15,19,22,25,29-31,33H,16-18,20-21H2,1H3/p+1/t25-,29-,30+,31+/m0/s1. The quantitative estimate of drug-likeness (QED) is 0.388. The first-order valence-electron chi connectivity index (χ1n) is 13.4. The molecule has 0 saturated carbocycles. The molecule has 6 rings (SSSR count). The molecule has 3 heterocycles. The SMILES string of the molecule is C[n+]1cc(-c2ccccc2[C@@H]2CNC[C@H]2C(=O)N2CC[C@H](c3ccccc3)C[C@@H]2c2ccccc2)c[nH]1. The summed E-state index contributed by atoms with van der Waals surface area (Å²) in [5.41, 5.74) is 6.22. The maximum absolute atomic E-state index is 14.3. The third-order valence-corrected chi connectivity index (χ3v) is 8.30. The first-order valence-corrected chi connectivity index (χ1v) is 13.4. The Balaban J connectivity index is 1.30. The van der Waals surface area contributed by atoms with Crippen LogP contribution in [0.3, 0.4) is 0 Å². The van der Waals surface area contributed by atoms with Crippen molar-refractivity contribution in [1.29, 1.82) is 0 Å². The van der Waals surface area contributed by atoms with Gasteiger partial charge in [0.15, 0.2) is 7.05 Å². The minimum atomic E-state index is -0.0756. The monoisotopic (exact) mass is 491 g/mol. The van der Waals surface area contributed by atoms with Crippen LogP contribution in [0.15, 0.2) is 97.3 Å². The van der Waals surface area contributed by atoms with Crippen molar-refractivity contribution in [1.82, 2.24) is 15.3 Å². The van der Waals surface area contributed by atoms with Crippen LogP contribution >= 0.6 is 0 Å². The van der Waals surface area contributed by atoms with E-state index >= 15 is 0 Å². The van der Waals surface area contributed by atoms with Gasteiger partial charge in [0, 0.05) is 25.6 Å². The first-order chi connectivity index (χ1) is 18.2. The van der Waals surface area contributed by atoms with Crippen LogP contribution < -0.4 is 10.00 Å². The van der Waals surface area contributed by atoms with Crippen LogP contribution in [0.5, 0.6) is 0 Å². The Morgan fingerprint density at radius 3 is 2.32 bits per heavy atom. The highest BCUT2D eigenvalue weighted by Crippen LogP contribution is 2.42. The summed E-state index contributed by atoms with van der Waals surface area (Å²) in [5, 5.41) is 6.79. The average Bonchev–Trinajstić information content (AvgIpc) is 3.63. The van der Waals surface area contributed by atoms with Gasteiger partial charge >= 0.3 is 0 Å². The maximum atomic E-state index is 14.3. The fraction of sp³-hybridized carbons (Fsp3) is 0.312. The number of hydrogen-bond acceptors (Lipinski definition) is 2. The molecule has 0 radical (unpaired) electrons. The Bertz CT molecular complexity index is 1350. The lowest BCUT2D eigenvalue weighted by atomic mass is 9.80. The van der Waals surface area contributed by atoms with Crippen molar-refractivity contribution in [2.24, 2.45) is 13.0 Å². The summed E-state index contributed by atoms with van der Waals surface area (Å²) >= 11 is 0. The lowest BCUT2D eigenvalue weighted by Gasteiger charge is -2.42. The number of amides is 1. The maximum Gasteiger partial charge on any atom is 0.228 e. The number of rotatable bonds is 5. The van der Waals surface area contributed by atoms with Crippen LogP contribution in [0, 0.1) is 5.92 Å².